The molecule has 3 aromatic rings. The Balaban J connectivity index is 1.55. The van der Waals surface area contributed by atoms with E-state index in [1.807, 2.05) is 68.4 Å². The van der Waals surface area contributed by atoms with Gasteiger partial charge in [0.05, 0.1) is 30.3 Å². The third kappa shape index (κ3) is 8.53. The minimum atomic E-state index is -3.94. The summed E-state index contributed by atoms with van der Waals surface area (Å²) in [6.45, 7) is 4.62. The Morgan fingerprint density at radius 3 is 2.29 bits per heavy atom. The molecule has 1 saturated heterocycles. The Morgan fingerprint density at radius 1 is 1.02 bits per heavy atom. The molecule has 4 N–H and O–H groups in total. The summed E-state index contributed by atoms with van der Waals surface area (Å²) in [5, 5.41) is 14.2. The summed E-state index contributed by atoms with van der Waals surface area (Å²) in [6.07, 6.45) is -1.39. The Kier molecular flexibility index (Phi) is 10.4. The Bertz CT molecular complexity index is 1360. The van der Waals surface area contributed by atoms with Crippen LogP contribution in [-0.2, 0) is 25.9 Å². The molecule has 1 amide bonds. The summed E-state index contributed by atoms with van der Waals surface area (Å²) in [5.41, 5.74) is 9.20. The van der Waals surface area contributed by atoms with Crippen LogP contribution in [0.3, 0.4) is 0 Å². The lowest BCUT2D eigenvalue weighted by molar-refractivity contribution is 0.0644. The van der Waals surface area contributed by atoms with E-state index in [-0.39, 0.29) is 36.4 Å². The first kappa shape index (κ1) is 30.5. The molecule has 1 aliphatic rings. The van der Waals surface area contributed by atoms with E-state index in [0.717, 1.165) is 16.7 Å². The van der Waals surface area contributed by atoms with Gasteiger partial charge in [-0.05, 0) is 53.3 Å². The number of alkyl carbamates (subject to hydrolysis) is 1. The SMILES string of the molecule is CC(C)CN(C[C@@H](O)[C@H](Cc1ccc(-c2ccccc2)cc1)NC(=O)O[C@H]1CCOC1)S(=O)(=O)c1ccc(N)cc1. The number of anilines is 1. The maximum Gasteiger partial charge on any atom is 0.407 e. The molecule has 0 aliphatic carbocycles. The second-order valence-electron chi connectivity index (χ2n) is 10.8. The van der Waals surface area contributed by atoms with Gasteiger partial charge >= 0.3 is 6.09 Å². The van der Waals surface area contributed by atoms with Crippen LogP contribution in [-0.4, -0.2) is 68.5 Å². The predicted octanol–water partition coefficient (Wildman–Crippen LogP) is 4.07. The van der Waals surface area contributed by atoms with Gasteiger partial charge in [-0.2, -0.15) is 4.31 Å². The summed E-state index contributed by atoms with van der Waals surface area (Å²) in [4.78, 5) is 12.9. The van der Waals surface area contributed by atoms with E-state index >= 15 is 0 Å². The molecule has 3 atom stereocenters. The summed E-state index contributed by atoms with van der Waals surface area (Å²) in [7, 11) is -3.94. The number of nitrogens with zero attached hydrogens (tertiary/aromatic N) is 1. The topological polar surface area (TPSA) is 131 Å². The second kappa shape index (κ2) is 14.0. The zero-order valence-electron chi connectivity index (χ0n) is 23.5. The lowest BCUT2D eigenvalue weighted by Crippen LogP contribution is -2.51. The van der Waals surface area contributed by atoms with Crippen LogP contribution in [0.25, 0.3) is 11.1 Å². The fourth-order valence-electron chi connectivity index (χ4n) is 4.75. The number of nitrogen functional groups attached to an aromatic ring is 1. The van der Waals surface area contributed by atoms with Gasteiger partial charge < -0.3 is 25.6 Å². The predicted molar refractivity (Wildman–Crippen MR) is 159 cm³/mol. The molecule has 0 spiro atoms. The zero-order chi connectivity index (χ0) is 29.4. The molecule has 1 heterocycles. The maximum atomic E-state index is 13.6. The van der Waals surface area contributed by atoms with Crippen molar-refractivity contribution in [2.24, 2.45) is 5.92 Å². The van der Waals surface area contributed by atoms with E-state index in [0.29, 0.717) is 25.3 Å². The average Bonchev–Trinajstić information content (AvgIpc) is 3.46. The first-order chi connectivity index (χ1) is 19.6. The first-order valence-electron chi connectivity index (χ1n) is 13.8. The van der Waals surface area contributed by atoms with E-state index in [1.54, 1.807) is 0 Å². The highest BCUT2D eigenvalue weighted by molar-refractivity contribution is 7.89. The van der Waals surface area contributed by atoms with Crippen molar-refractivity contribution >= 4 is 21.8 Å². The van der Waals surface area contributed by atoms with Crippen molar-refractivity contribution in [3.63, 3.8) is 0 Å². The molecule has 0 saturated carbocycles. The molecule has 3 aromatic carbocycles. The van der Waals surface area contributed by atoms with Gasteiger partial charge in [-0.1, -0.05) is 68.4 Å². The van der Waals surface area contributed by atoms with Crippen molar-refractivity contribution in [3.8, 4) is 11.1 Å². The average molecular weight is 582 g/mol. The number of aliphatic hydroxyl groups excluding tert-OH is 1. The van der Waals surface area contributed by atoms with Gasteiger partial charge in [0.1, 0.15) is 6.10 Å². The number of hydrogen-bond donors (Lipinski definition) is 3. The van der Waals surface area contributed by atoms with E-state index in [1.165, 1.54) is 28.6 Å². The molecule has 9 nitrogen and oxygen atoms in total. The molecular formula is C31H39N3O6S. The van der Waals surface area contributed by atoms with Crippen molar-refractivity contribution in [3.05, 3.63) is 84.4 Å². The Hall–Kier alpha value is -3.44. The van der Waals surface area contributed by atoms with Crippen molar-refractivity contribution in [2.45, 2.75) is 49.8 Å². The normalized spacial score (nSPS) is 17.0. The molecule has 0 radical (unpaired) electrons. The van der Waals surface area contributed by atoms with Crippen LogP contribution in [0, 0.1) is 5.92 Å². The molecule has 0 bridgehead atoms. The number of carbonyl (C=O) groups excluding carboxylic acids is 1. The monoisotopic (exact) mass is 581 g/mol. The van der Waals surface area contributed by atoms with E-state index in [9.17, 15) is 18.3 Å². The number of nitrogens with one attached hydrogen (secondary N) is 1. The van der Waals surface area contributed by atoms with Gasteiger partial charge in [0.15, 0.2) is 0 Å². The molecule has 1 aliphatic heterocycles. The molecule has 41 heavy (non-hydrogen) atoms. The van der Waals surface area contributed by atoms with E-state index < -0.39 is 28.3 Å². The highest BCUT2D eigenvalue weighted by Crippen LogP contribution is 2.22. The van der Waals surface area contributed by atoms with Gasteiger partial charge in [-0.15, -0.1) is 0 Å². The highest BCUT2D eigenvalue weighted by Gasteiger charge is 2.32. The van der Waals surface area contributed by atoms with Crippen molar-refractivity contribution in [1.29, 1.82) is 0 Å². The number of benzene rings is 3. The fraction of sp³-hybridized carbons (Fsp3) is 0.387. The third-order valence-corrected chi connectivity index (χ3v) is 8.77. The van der Waals surface area contributed by atoms with Crippen LogP contribution in [0.1, 0.15) is 25.8 Å². The van der Waals surface area contributed by atoms with Crippen LogP contribution in [0.5, 0.6) is 0 Å². The highest BCUT2D eigenvalue weighted by atomic mass is 32.2. The number of amides is 1. The molecule has 10 heteroatoms. The summed E-state index contributed by atoms with van der Waals surface area (Å²) >= 11 is 0. The molecule has 1 fully saturated rings. The van der Waals surface area contributed by atoms with Crippen LogP contribution >= 0.6 is 0 Å². The minimum absolute atomic E-state index is 0.00460. The first-order valence-corrected chi connectivity index (χ1v) is 15.3. The van der Waals surface area contributed by atoms with Gasteiger partial charge in [-0.25, -0.2) is 13.2 Å². The molecule has 0 aromatic heterocycles. The van der Waals surface area contributed by atoms with Crippen molar-refractivity contribution < 1.29 is 27.8 Å². The molecule has 4 rings (SSSR count). The maximum absolute atomic E-state index is 13.6. The van der Waals surface area contributed by atoms with Gasteiger partial charge in [-0.3, -0.25) is 0 Å². The standard InChI is InChI=1S/C31H39N3O6S/c1-22(2)19-34(41(37,38)28-14-12-26(32)13-15-28)20-30(35)29(33-31(36)40-27-16-17-39-21-27)18-23-8-10-25(11-9-23)24-6-4-3-5-7-24/h3-15,22,27,29-30,35H,16-21,32H2,1-2H3,(H,33,36)/t27-,29-,30+/m0/s1. The van der Waals surface area contributed by atoms with Gasteiger partial charge in [0.2, 0.25) is 10.0 Å². The smallest absolute Gasteiger partial charge is 0.407 e. The van der Waals surface area contributed by atoms with E-state index in [4.69, 9.17) is 15.2 Å². The van der Waals surface area contributed by atoms with Crippen LogP contribution in [0.4, 0.5) is 10.5 Å². The fourth-order valence-corrected chi connectivity index (χ4v) is 6.37. The number of hydrogen-bond acceptors (Lipinski definition) is 7. The molecular weight excluding hydrogens is 542 g/mol. The van der Waals surface area contributed by atoms with Crippen LogP contribution in [0.2, 0.25) is 0 Å². The molecule has 220 valence electrons. The lowest BCUT2D eigenvalue weighted by atomic mass is 9.98. The Labute approximate surface area is 242 Å². The van der Waals surface area contributed by atoms with Crippen molar-refractivity contribution in [2.75, 3.05) is 32.0 Å². The quantitative estimate of drug-likeness (QED) is 0.275. The summed E-state index contributed by atoms with van der Waals surface area (Å²) in [6, 6.07) is 23.0. The number of ether oxygens (including phenoxy) is 2. The van der Waals surface area contributed by atoms with Gasteiger partial charge in [0, 0.05) is 25.2 Å². The summed E-state index contributed by atoms with van der Waals surface area (Å²) < 4.78 is 39.2. The number of nitrogens with two attached hydrogens (primary N) is 1. The third-order valence-electron chi connectivity index (χ3n) is 6.92. The number of sulfonamides is 1. The van der Waals surface area contributed by atoms with Crippen LogP contribution in [0.15, 0.2) is 83.8 Å². The Morgan fingerprint density at radius 2 is 1.68 bits per heavy atom. The molecule has 0 unspecified atom stereocenters. The number of carbonyl (C=O) groups is 1. The minimum Gasteiger partial charge on any atom is -0.444 e. The van der Waals surface area contributed by atoms with E-state index in [2.05, 4.69) is 5.32 Å². The number of rotatable bonds is 12. The largest absolute Gasteiger partial charge is 0.444 e. The zero-order valence-corrected chi connectivity index (χ0v) is 24.3. The van der Waals surface area contributed by atoms with Crippen LogP contribution < -0.4 is 11.1 Å². The summed E-state index contributed by atoms with van der Waals surface area (Å²) in [5.74, 6) is -0.00460. The van der Waals surface area contributed by atoms with Gasteiger partial charge in [0.25, 0.3) is 0 Å². The number of aliphatic hydroxyl groups is 1. The lowest BCUT2D eigenvalue weighted by Gasteiger charge is -2.30. The second-order valence-corrected chi connectivity index (χ2v) is 12.7. The van der Waals surface area contributed by atoms with Crippen molar-refractivity contribution in [1.82, 2.24) is 9.62 Å².